The van der Waals surface area contributed by atoms with Crippen LogP contribution in [0, 0.1) is 11.3 Å². The topological polar surface area (TPSA) is 48.7 Å². The van der Waals surface area contributed by atoms with E-state index in [2.05, 4.69) is 32.3 Å². The molecule has 1 aromatic heterocycles. The van der Waals surface area contributed by atoms with Crippen molar-refractivity contribution in [3.8, 4) is 6.07 Å². The maximum Gasteiger partial charge on any atom is 0.101 e. The number of nitrogens with one attached hydrogen (secondary N) is 1. The molecular formula is C13H10BrN3. The highest BCUT2D eigenvalue weighted by Crippen LogP contribution is 2.21. The molecule has 0 aliphatic heterocycles. The summed E-state index contributed by atoms with van der Waals surface area (Å²) in [6.45, 7) is 0.652. The molecule has 0 radical (unpaired) electrons. The van der Waals surface area contributed by atoms with Crippen LogP contribution in [0.4, 0.5) is 5.69 Å². The fourth-order valence-corrected chi connectivity index (χ4v) is 1.82. The first kappa shape index (κ1) is 11.6. The van der Waals surface area contributed by atoms with Crippen molar-refractivity contribution in [3.05, 3.63) is 58.3 Å². The summed E-state index contributed by atoms with van der Waals surface area (Å²) in [5.41, 5.74) is 2.54. The Morgan fingerprint density at radius 3 is 2.94 bits per heavy atom. The third kappa shape index (κ3) is 3.05. The van der Waals surface area contributed by atoms with Crippen molar-refractivity contribution >= 4 is 21.6 Å². The maximum absolute atomic E-state index is 8.99. The van der Waals surface area contributed by atoms with Crippen LogP contribution in [0.15, 0.2) is 47.2 Å². The van der Waals surface area contributed by atoms with Crippen molar-refractivity contribution < 1.29 is 0 Å². The molecule has 0 bridgehead atoms. The molecule has 2 rings (SSSR count). The number of nitriles is 1. The average molecular weight is 288 g/mol. The second-order valence-electron chi connectivity index (χ2n) is 3.52. The van der Waals surface area contributed by atoms with Gasteiger partial charge in [-0.2, -0.15) is 5.26 Å². The molecule has 3 nitrogen and oxygen atoms in total. The monoisotopic (exact) mass is 287 g/mol. The van der Waals surface area contributed by atoms with Crippen molar-refractivity contribution in [2.45, 2.75) is 6.54 Å². The minimum absolute atomic E-state index is 0.636. The van der Waals surface area contributed by atoms with E-state index in [-0.39, 0.29) is 0 Å². The smallest absolute Gasteiger partial charge is 0.101 e. The van der Waals surface area contributed by atoms with E-state index in [0.29, 0.717) is 12.1 Å². The van der Waals surface area contributed by atoms with Crippen molar-refractivity contribution in [3.63, 3.8) is 0 Å². The molecule has 1 aromatic carbocycles. The summed E-state index contributed by atoms with van der Waals surface area (Å²) in [6, 6.07) is 11.6. The zero-order valence-corrected chi connectivity index (χ0v) is 10.6. The molecule has 0 fully saturated rings. The fourth-order valence-electron chi connectivity index (χ4n) is 1.46. The molecule has 0 atom stereocenters. The third-order valence-electron chi connectivity index (χ3n) is 2.31. The Kier molecular flexibility index (Phi) is 3.73. The summed E-state index contributed by atoms with van der Waals surface area (Å²) in [7, 11) is 0. The molecule has 17 heavy (non-hydrogen) atoms. The Balaban J connectivity index is 2.14. The highest BCUT2D eigenvalue weighted by Gasteiger charge is 2.02. The Labute approximate surface area is 108 Å². The number of rotatable bonds is 3. The first-order valence-corrected chi connectivity index (χ1v) is 5.91. The van der Waals surface area contributed by atoms with Gasteiger partial charge in [0.2, 0.25) is 0 Å². The van der Waals surface area contributed by atoms with Crippen molar-refractivity contribution in [1.82, 2.24) is 4.98 Å². The van der Waals surface area contributed by atoms with Gasteiger partial charge in [-0.05, 0) is 29.8 Å². The molecule has 0 saturated carbocycles. The molecule has 84 valence electrons. The van der Waals surface area contributed by atoms with Gasteiger partial charge in [0.25, 0.3) is 0 Å². The SMILES string of the molecule is N#Cc1ccc(Br)cc1NCc1cccnc1. The van der Waals surface area contributed by atoms with Crippen molar-refractivity contribution in [1.29, 1.82) is 5.26 Å². The van der Waals surface area contributed by atoms with Crippen LogP contribution in [0.3, 0.4) is 0 Å². The molecule has 1 N–H and O–H groups in total. The number of nitrogens with zero attached hydrogens (tertiary/aromatic N) is 2. The Morgan fingerprint density at radius 2 is 2.24 bits per heavy atom. The minimum Gasteiger partial charge on any atom is -0.380 e. The second kappa shape index (κ2) is 5.46. The van der Waals surface area contributed by atoms with E-state index in [9.17, 15) is 0 Å². The van der Waals surface area contributed by atoms with Gasteiger partial charge in [-0.3, -0.25) is 4.98 Å². The quantitative estimate of drug-likeness (QED) is 0.942. The molecule has 4 heteroatoms. The Morgan fingerprint density at radius 1 is 1.35 bits per heavy atom. The lowest BCUT2D eigenvalue weighted by Gasteiger charge is -2.08. The van der Waals surface area contributed by atoms with E-state index in [1.54, 1.807) is 18.5 Å². The lowest BCUT2D eigenvalue weighted by molar-refractivity contribution is 1.11. The van der Waals surface area contributed by atoms with E-state index < -0.39 is 0 Å². The summed E-state index contributed by atoms with van der Waals surface area (Å²) in [5.74, 6) is 0. The van der Waals surface area contributed by atoms with Crippen LogP contribution >= 0.6 is 15.9 Å². The van der Waals surface area contributed by atoms with E-state index in [0.717, 1.165) is 15.7 Å². The van der Waals surface area contributed by atoms with E-state index in [1.807, 2.05) is 24.3 Å². The average Bonchev–Trinajstić information content (AvgIpc) is 2.38. The Bertz CT molecular complexity index is 546. The summed E-state index contributed by atoms with van der Waals surface area (Å²) in [6.07, 6.45) is 3.54. The number of aromatic nitrogens is 1. The first-order chi connectivity index (χ1) is 8.29. The van der Waals surface area contributed by atoms with Crippen LogP contribution in [-0.4, -0.2) is 4.98 Å². The normalized spacial score (nSPS) is 9.65. The van der Waals surface area contributed by atoms with Gasteiger partial charge >= 0.3 is 0 Å². The van der Waals surface area contributed by atoms with Gasteiger partial charge < -0.3 is 5.32 Å². The van der Waals surface area contributed by atoms with Gasteiger partial charge in [0, 0.05) is 23.4 Å². The standard InChI is InChI=1S/C13H10BrN3/c14-12-4-3-11(7-15)13(6-12)17-9-10-2-1-5-16-8-10/h1-6,8,17H,9H2. The highest BCUT2D eigenvalue weighted by atomic mass is 79.9. The van der Waals surface area contributed by atoms with E-state index in [4.69, 9.17) is 5.26 Å². The zero-order valence-electron chi connectivity index (χ0n) is 9.02. The minimum atomic E-state index is 0.636. The summed E-state index contributed by atoms with van der Waals surface area (Å²) in [5, 5.41) is 12.2. The summed E-state index contributed by atoms with van der Waals surface area (Å²) in [4.78, 5) is 4.04. The highest BCUT2D eigenvalue weighted by molar-refractivity contribution is 9.10. The van der Waals surface area contributed by atoms with Crippen LogP contribution in [0.1, 0.15) is 11.1 Å². The molecule has 0 amide bonds. The van der Waals surface area contributed by atoms with E-state index in [1.165, 1.54) is 0 Å². The maximum atomic E-state index is 8.99. The number of hydrogen-bond donors (Lipinski definition) is 1. The summed E-state index contributed by atoms with van der Waals surface area (Å²) >= 11 is 3.39. The number of anilines is 1. The van der Waals surface area contributed by atoms with Crippen LogP contribution in [-0.2, 0) is 6.54 Å². The van der Waals surface area contributed by atoms with Gasteiger partial charge in [-0.25, -0.2) is 0 Å². The largest absolute Gasteiger partial charge is 0.380 e. The summed E-state index contributed by atoms with van der Waals surface area (Å²) < 4.78 is 0.949. The fraction of sp³-hybridized carbons (Fsp3) is 0.0769. The van der Waals surface area contributed by atoms with Crippen molar-refractivity contribution in [2.75, 3.05) is 5.32 Å². The molecule has 0 unspecified atom stereocenters. The van der Waals surface area contributed by atoms with Crippen LogP contribution < -0.4 is 5.32 Å². The molecule has 1 heterocycles. The third-order valence-corrected chi connectivity index (χ3v) is 2.80. The number of halogens is 1. The predicted molar refractivity (Wildman–Crippen MR) is 70.4 cm³/mol. The predicted octanol–water partition coefficient (Wildman–Crippen LogP) is 3.33. The molecule has 0 aliphatic carbocycles. The zero-order chi connectivity index (χ0) is 12.1. The molecule has 2 aromatic rings. The van der Waals surface area contributed by atoms with Crippen molar-refractivity contribution in [2.24, 2.45) is 0 Å². The second-order valence-corrected chi connectivity index (χ2v) is 4.43. The van der Waals surface area contributed by atoms with Crippen LogP contribution in [0.25, 0.3) is 0 Å². The molecule has 0 spiro atoms. The number of benzene rings is 1. The molecular weight excluding hydrogens is 278 g/mol. The van der Waals surface area contributed by atoms with Gasteiger partial charge in [0.05, 0.1) is 11.3 Å². The number of pyridine rings is 1. The lowest BCUT2D eigenvalue weighted by atomic mass is 10.2. The van der Waals surface area contributed by atoms with Crippen LogP contribution in [0.2, 0.25) is 0 Å². The van der Waals surface area contributed by atoms with Crippen LogP contribution in [0.5, 0.6) is 0 Å². The lowest BCUT2D eigenvalue weighted by Crippen LogP contribution is -2.01. The van der Waals surface area contributed by atoms with E-state index >= 15 is 0 Å². The molecule has 0 aliphatic rings. The molecule has 0 saturated heterocycles. The Hall–Kier alpha value is -1.86. The van der Waals surface area contributed by atoms with Gasteiger partial charge in [-0.1, -0.05) is 22.0 Å². The number of hydrogen-bond acceptors (Lipinski definition) is 3. The van der Waals surface area contributed by atoms with Gasteiger partial charge in [-0.15, -0.1) is 0 Å². The van der Waals surface area contributed by atoms with Gasteiger partial charge in [0.1, 0.15) is 6.07 Å². The van der Waals surface area contributed by atoms with Gasteiger partial charge in [0.15, 0.2) is 0 Å². The first-order valence-electron chi connectivity index (χ1n) is 5.12.